The molecule has 0 unspecified atom stereocenters. The van der Waals surface area contributed by atoms with E-state index >= 15 is 0 Å². The molecule has 3 aromatic heterocycles. The number of benzene rings is 1. The topological polar surface area (TPSA) is 97.1 Å². The molecule has 4 rings (SSSR count). The van der Waals surface area contributed by atoms with Gasteiger partial charge in [-0.15, -0.1) is 0 Å². The maximum atomic E-state index is 12.8. The van der Waals surface area contributed by atoms with Crippen LogP contribution in [0.2, 0.25) is 0 Å². The van der Waals surface area contributed by atoms with E-state index in [0.717, 1.165) is 6.20 Å². The average Bonchev–Trinajstić information content (AvgIpc) is 3.31. The quantitative estimate of drug-likeness (QED) is 0.343. The summed E-state index contributed by atoms with van der Waals surface area (Å²) in [4.78, 5) is 33.3. The van der Waals surface area contributed by atoms with Crippen LogP contribution in [0.15, 0.2) is 76.5 Å². The second-order valence-corrected chi connectivity index (χ2v) is 7.42. The highest BCUT2D eigenvalue weighted by Gasteiger charge is 2.32. The van der Waals surface area contributed by atoms with Gasteiger partial charge in [-0.1, -0.05) is 18.2 Å². The number of thioether (sulfide) groups is 1. The van der Waals surface area contributed by atoms with Crippen molar-refractivity contribution in [1.82, 2.24) is 20.8 Å². The van der Waals surface area contributed by atoms with E-state index in [1.54, 1.807) is 36.4 Å². The Morgan fingerprint density at radius 3 is 2.41 bits per heavy atom. The normalized spacial score (nSPS) is 11.3. The van der Waals surface area contributed by atoms with Gasteiger partial charge < -0.3 is 4.42 Å². The van der Waals surface area contributed by atoms with Crippen molar-refractivity contribution in [2.75, 3.05) is 0 Å². The van der Waals surface area contributed by atoms with E-state index < -0.39 is 34.1 Å². The predicted molar refractivity (Wildman–Crippen MR) is 111 cm³/mol. The molecule has 0 bridgehead atoms. The summed E-state index contributed by atoms with van der Waals surface area (Å²) in [5.74, 6) is -1.18. The first kappa shape index (κ1) is 21.4. The molecule has 7 nitrogen and oxygen atoms in total. The predicted octanol–water partition coefficient (Wildman–Crippen LogP) is 4.58. The number of carbonyl (C=O) groups is 2. The molecule has 0 aliphatic heterocycles. The van der Waals surface area contributed by atoms with Crippen LogP contribution in [0.5, 0.6) is 0 Å². The molecular weight excluding hydrogens is 445 g/mol. The third-order valence-electron chi connectivity index (χ3n) is 4.25. The third kappa shape index (κ3) is 4.72. The summed E-state index contributed by atoms with van der Waals surface area (Å²) >= 11 is -0.515. The van der Waals surface area contributed by atoms with Crippen molar-refractivity contribution in [2.45, 2.75) is 10.5 Å². The van der Waals surface area contributed by atoms with Crippen LogP contribution in [0.4, 0.5) is 13.2 Å². The molecule has 0 atom stereocenters. The highest BCUT2D eigenvalue weighted by atomic mass is 32.2. The maximum absolute atomic E-state index is 12.8. The van der Waals surface area contributed by atoms with Gasteiger partial charge in [0.15, 0.2) is 5.76 Å². The molecule has 4 aromatic rings. The summed E-state index contributed by atoms with van der Waals surface area (Å²) in [6.07, 6.45) is 2.61. The summed E-state index contributed by atoms with van der Waals surface area (Å²) in [5, 5.41) is -0.00883. The van der Waals surface area contributed by atoms with Gasteiger partial charge in [-0.05, 0) is 36.4 Å². The summed E-state index contributed by atoms with van der Waals surface area (Å²) in [5.41, 5.74) is 0.547. The fraction of sp³-hybridized carbons (Fsp3) is 0.0476. The molecule has 3 heterocycles. The molecule has 11 heteroatoms. The molecule has 1 aromatic carbocycles. The highest BCUT2D eigenvalue weighted by Crippen LogP contribution is 2.37. The van der Waals surface area contributed by atoms with E-state index in [4.69, 9.17) is 4.42 Å². The van der Waals surface area contributed by atoms with Gasteiger partial charge in [0, 0.05) is 23.3 Å². The second-order valence-electron chi connectivity index (χ2n) is 6.36. The molecule has 0 aliphatic carbocycles. The summed E-state index contributed by atoms with van der Waals surface area (Å²) < 4.78 is 43.5. The smallest absolute Gasteiger partial charge is 0.447 e. The van der Waals surface area contributed by atoms with E-state index in [1.165, 1.54) is 24.5 Å². The zero-order valence-electron chi connectivity index (χ0n) is 16.0. The van der Waals surface area contributed by atoms with Crippen molar-refractivity contribution in [1.29, 1.82) is 0 Å². The number of furan rings is 1. The third-order valence-corrected chi connectivity index (χ3v) is 5.00. The zero-order valence-corrected chi connectivity index (χ0v) is 16.8. The molecular formula is C21H13F3N4O3S. The number of nitrogens with zero attached hydrogens (tertiary/aromatic N) is 2. The molecule has 2 N–H and O–H groups in total. The number of alkyl halides is 3. The van der Waals surface area contributed by atoms with Gasteiger partial charge in [0.25, 0.3) is 11.8 Å². The Morgan fingerprint density at radius 1 is 0.938 bits per heavy atom. The van der Waals surface area contributed by atoms with Gasteiger partial charge in [-0.3, -0.25) is 20.4 Å². The maximum Gasteiger partial charge on any atom is 0.447 e. The van der Waals surface area contributed by atoms with Crippen LogP contribution < -0.4 is 10.9 Å². The van der Waals surface area contributed by atoms with Gasteiger partial charge >= 0.3 is 5.51 Å². The number of aromatic nitrogens is 2. The number of hydrazine groups is 1. The number of amides is 2. The molecule has 0 fully saturated rings. The number of fused-ring (bicyclic) bond motifs is 1. The van der Waals surface area contributed by atoms with Crippen molar-refractivity contribution in [3.05, 3.63) is 78.2 Å². The van der Waals surface area contributed by atoms with E-state index in [0.29, 0.717) is 22.4 Å². The molecule has 0 saturated heterocycles. The summed E-state index contributed by atoms with van der Waals surface area (Å²) in [6.45, 7) is 0. The Kier molecular flexibility index (Phi) is 5.82. The van der Waals surface area contributed by atoms with Gasteiger partial charge in [0.05, 0.1) is 22.9 Å². The molecule has 0 radical (unpaired) electrons. The van der Waals surface area contributed by atoms with Crippen LogP contribution in [0, 0.1) is 0 Å². The molecule has 0 saturated carbocycles. The van der Waals surface area contributed by atoms with Crippen LogP contribution in [0.25, 0.3) is 22.4 Å². The number of halogens is 3. The number of hydrogen-bond acceptors (Lipinski definition) is 6. The first-order valence-corrected chi connectivity index (χ1v) is 9.88. The van der Waals surface area contributed by atoms with E-state index in [-0.39, 0.29) is 11.1 Å². The lowest BCUT2D eigenvalue weighted by atomic mass is 10.1. The van der Waals surface area contributed by atoms with Crippen LogP contribution in [0.3, 0.4) is 0 Å². The van der Waals surface area contributed by atoms with Gasteiger partial charge in [0.2, 0.25) is 0 Å². The highest BCUT2D eigenvalue weighted by molar-refractivity contribution is 8.00. The minimum atomic E-state index is -4.62. The van der Waals surface area contributed by atoms with Gasteiger partial charge in [0.1, 0.15) is 10.7 Å². The Bertz CT molecular complexity index is 1290. The Morgan fingerprint density at radius 2 is 1.69 bits per heavy atom. The summed E-state index contributed by atoms with van der Waals surface area (Å²) in [7, 11) is 0. The first-order valence-electron chi connectivity index (χ1n) is 9.07. The minimum absolute atomic E-state index is 0.193. The Balaban J connectivity index is 1.58. The standard InChI is InChI=1S/C21H13F3N4O3S/c22-21(23,24)32-20-13(6-3-9-25-20)18(29)27-28-19(30)14-11-16(17-8-4-10-31-17)26-15-7-2-1-5-12(14)15/h1-11H,(H,27,29)(H,28,30). The second kappa shape index (κ2) is 8.71. The first-order chi connectivity index (χ1) is 15.3. The van der Waals surface area contributed by atoms with Crippen LogP contribution >= 0.6 is 11.8 Å². The van der Waals surface area contributed by atoms with Crippen molar-refractivity contribution >= 4 is 34.5 Å². The van der Waals surface area contributed by atoms with Crippen LogP contribution in [-0.2, 0) is 0 Å². The number of pyridine rings is 2. The number of nitrogens with one attached hydrogen (secondary N) is 2. The minimum Gasteiger partial charge on any atom is -0.463 e. The lowest BCUT2D eigenvalue weighted by Gasteiger charge is -2.12. The van der Waals surface area contributed by atoms with Crippen molar-refractivity contribution in [2.24, 2.45) is 0 Å². The fourth-order valence-electron chi connectivity index (χ4n) is 2.92. The number of hydrogen-bond donors (Lipinski definition) is 2. The molecule has 162 valence electrons. The Hall–Kier alpha value is -3.86. The molecule has 32 heavy (non-hydrogen) atoms. The van der Waals surface area contributed by atoms with E-state index in [9.17, 15) is 22.8 Å². The lowest BCUT2D eigenvalue weighted by Crippen LogP contribution is -2.42. The van der Waals surface area contributed by atoms with Crippen molar-refractivity contribution in [3.8, 4) is 11.5 Å². The number of rotatable bonds is 4. The zero-order chi connectivity index (χ0) is 22.7. The van der Waals surface area contributed by atoms with Gasteiger partial charge in [-0.25, -0.2) is 9.97 Å². The molecule has 2 amide bonds. The van der Waals surface area contributed by atoms with Crippen molar-refractivity contribution < 1.29 is 27.2 Å². The van der Waals surface area contributed by atoms with Crippen molar-refractivity contribution in [3.63, 3.8) is 0 Å². The monoisotopic (exact) mass is 458 g/mol. The number of carbonyl (C=O) groups excluding carboxylic acids is 2. The van der Waals surface area contributed by atoms with Crippen LogP contribution in [-0.4, -0.2) is 27.3 Å². The van der Waals surface area contributed by atoms with Gasteiger partial charge in [-0.2, -0.15) is 13.2 Å². The number of para-hydroxylation sites is 1. The fourth-order valence-corrected chi connectivity index (χ4v) is 3.52. The Labute approximate surface area is 183 Å². The average molecular weight is 458 g/mol. The van der Waals surface area contributed by atoms with Crippen LogP contribution in [0.1, 0.15) is 20.7 Å². The SMILES string of the molecule is O=C(NNC(=O)c1cc(-c2ccco2)nc2ccccc12)c1cccnc1SC(F)(F)F. The molecule has 0 aliphatic rings. The van der Waals surface area contributed by atoms with E-state index in [2.05, 4.69) is 20.8 Å². The molecule has 0 spiro atoms. The summed E-state index contributed by atoms with van der Waals surface area (Å²) in [6, 6.07) is 14.2. The lowest BCUT2D eigenvalue weighted by molar-refractivity contribution is -0.0329. The van der Waals surface area contributed by atoms with E-state index in [1.807, 2.05) is 0 Å². The largest absolute Gasteiger partial charge is 0.463 e.